The van der Waals surface area contributed by atoms with Crippen molar-refractivity contribution < 1.29 is 0 Å². The Bertz CT molecular complexity index is 401. The van der Waals surface area contributed by atoms with Crippen LogP contribution in [0.5, 0.6) is 0 Å². The van der Waals surface area contributed by atoms with Gasteiger partial charge in [0, 0.05) is 28.8 Å². The van der Waals surface area contributed by atoms with Gasteiger partial charge in [0.05, 0.1) is 0 Å². The van der Waals surface area contributed by atoms with Crippen LogP contribution in [0.1, 0.15) is 25.8 Å². The van der Waals surface area contributed by atoms with E-state index < -0.39 is 0 Å². The number of benzene rings is 1. The van der Waals surface area contributed by atoms with Gasteiger partial charge in [-0.05, 0) is 51.0 Å². The molecule has 1 aromatic carbocycles. The lowest BCUT2D eigenvalue weighted by Gasteiger charge is -2.34. The lowest BCUT2D eigenvalue weighted by Crippen LogP contribution is -2.38. The molecule has 16 heavy (non-hydrogen) atoms. The molecule has 1 fully saturated rings. The number of aryl methyl sites for hydroxylation is 1. The van der Waals surface area contributed by atoms with Crippen molar-refractivity contribution in [2.45, 2.75) is 38.8 Å². The van der Waals surface area contributed by atoms with Crippen molar-refractivity contribution >= 4 is 17.3 Å². The third kappa shape index (κ3) is 2.04. The van der Waals surface area contributed by atoms with E-state index in [0.717, 1.165) is 18.0 Å². The number of anilines is 1. The van der Waals surface area contributed by atoms with Gasteiger partial charge in [-0.15, -0.1) is 0 Å². The van der Waals surface area contributed by atoms with E-state index in [-0.39, 0.29) is 11.6 Å². The van der Waals surface area contributed by atoms with E-state index >= 15 is 0 Å². The summed E-state index contributed by atoms with van der Waals surface area (Å²) in [5.74, 6) is 0. The maximum Gasteiger partial charge on any atom is 0.0410 e. The van der Waals surface area contributed by atoms with Gasteiger partial charge in [-0.25, -0.2) is 0 Å². The van der Waals surface area contributed by atoms with Gasteiger partial charge in [0.25, 0.3) is 0 Å². The predicted molar refractivity (Wildman–Crippen MR) is 70.2 cm³/mol. The lowest BCUT2D eigenvalue weighted by molar-refractivity contribution is 0.505. The molecule has 0 radical (unpaired) electrons. The first-order valence-electron chi connectivity index (χ1n) is 5.69. The van der Waals surface area contributed by atoms with Crippen LogP contribution in [0, 0.1) is 6.92 Å². The van der Waals surface area contributed by atoms with Crippen LogP contribution in [0.3, 0.4) is 0 Å². The summed E-state index contributed by atoms with van der Waals surface area (Å²) in [4.78, 5) is 2.39. The van der Waals surface area contributed by atoms with Gasteiger partial charge >= 0.3 is 0 Å². The summed E-state index contributed by atoms with van der Waals surface area (Å²) in [5, 5.41) is 0.794. The molecule has 2 rings (SSSR count). The fourth-order valence-corrected chi connectivity index (χ4v) is 2.87. The zero-order chi connectivity index (χ0) is 11.9. The van der Waals surface area contributed by atoms with Crippen LogP contribution in [-0.2, 0) is 0 Å². The van der Waals surface area contributed by atoms with Gasteiger partial charge in [-0.1, -0.05) is 11.6 Å². The highest BCUT2D eigenvalue weighted by Gasteiger charge is 2.37. The second-order valence-corrected chi connectivity index (χ2v) is 5.75. The number of nitrogens with zero attached hydrogens (tertiary/aromatic N) is 1. The lowest BCUT2D eigenvalue weighted by atomic mass is 9.99. The molecule has 1 heterocycles. The van der Waals surface area contributed by atoms with E-state index in [4.69, 9.17) is 17.3 Å². The number of hydrogen-bond acceptors (Lipinski definition) is 2. The SMILES string of the molecule is Cc1cc(Cl)ccc1N1CC(N)CC1(C)C. The summed E-state index contributed by atoms with van der Waals surface area (Å²) in [6, 6.07) is 6.32. The van der Waals surface area contributed by atoms with E-state index in [9.17, 15) is 0 Å². The predicted octanol–water partition coefficient (Wildman–Crippen LogP) is 2.96. The largest absolute Gasteiger partial charge is 0.365 e. The Morgan fingerprint density at radius 2 is 2.12 bits per heavy atom. The van der Waals surface area contributed by atoms with Crippen molar-refractivity contribution in [2.75, 3.05) is 11.4 Å². The zero-order valence-electron chi connectivity index (χ0n) is 10.1. The molecule has 0 spiro atoms. The first-order valence-corrected chi connectivity index (χ1v) is 6.07. The number of hydrogen-bond donors (Lipinski definition) is 1. The van der Waals surface area contributed by atoms with Crippen LogP contribution < -0.4 is 10.6 Å². The molecule has 2 nitrogen and oxygen atoms in total. The quantitative estimate of drug-likeness (QED) is 0.815. The van der Waals surface area contributed by atoms with E-state index in [1.807, 2.05) is 12.1 Å². The topological polar surface area (TPSA) is 29.3 Å². The van der Waals surface area contributed by atoms with Crippen molar-refractivity contribution in [1.82, 2.24) is 0 Å². The minimum atomic E-state index is 0.137. The van der Waals surface area contributed by atoms with Gasteiger partial charge in [-0.3, -0.25) is 0 Å². The van der Waals surface area contributed by atoms with Gasteiger partial charge < -0.3 is 10.6 Å². The van der Waals surface area contributed by atoms with Gasteiger partial charge in [0.2, 0.25) is 0 Å². The average molecular weight is 239 g/mol. The molecule has 0 bridgehead atoms. The van der Waals surface area contributed by atoms with E-state index in [0.29, 0.717) is 0 Å². The van der Waals surface area contributed by atoms with Gasteiger partial charge in [0.15, 0.2) is 0 Å². The van der Waals surface area contributed by atoms with Crippen LogP contribution in [0.25, 0.3) is 0 Å². The Labute approximate surface area is 102 Å². The summed E-state index contributed by atoms with van der Waals surface area (Å²) >= 11 is 5.98. The fraction of sp³-hybridized carbons (Fsp3) is 0.538. The molecule has 0 aromatic heterocycles. The smallest absolute Gasteiger partial charge is 0.0410 e. The summed E-state index contributed by atoms with van der Waals surface area (Å²) in [5.41, 5.74) is 8.66. The minimum absolute atomic E-state index is 0.137. The highest BCUT2D eigenvalue weighted by Crippen LogP contribution is 2.35. The second-order valence-electron chi connectivity index (χ2n) is 5.32. The second kappa shape index (κ2) is 3.94. The summed E-state index contributed by atoms with van der Waals surface area (Å²) in [7, 11) is 0. The maximum absolute atomic E-state index is 6.05. The van der Waals surface area contributed by atoms with Gasteiger partial charge in [0.1, 0.15) is 0 Å². The average Bonchev–Trinajstić information content (AvgIpc) is 2.39. The van der Waals surface area contributed by atoms with Crippen molar-refractivity contribution in [3.8, 4) is 0 Å². The molecule has 1 aliphatic rings. The summed E-state index contributed by atoms with van der Waals surface area (Å²) < 4.78 is 0. The molecule has 0 saturated carbocycles. The Morgan fingerprint density at radius 1 is 1.44 bits per heavy atom. The van der Waals surface area contributed by atoms with E-state index in [2.05, 4.69) is 31.7 Å². The molecule has 1 aliphatic heterocycles. The van der Waals surface area contributed by atoms with Crippen molar-refractivity contribution in [1.29, 1.82) is 0 Å². The molecule has 1 aromatic rings. The third-order valence-corrected chi connectivity index (χ3v) is 3.59. The molecule has 1 atom stereocenters. The van der Waals surface area contributed by atoms with E-state index in [1.165, 1.54) is 11.3 Å². The highest BCUT2D eigenvalue weighted by atomic mass is 35.5. The standard InChI is InChI=1S/C13H19ClN2/c1-9-6-10(14)4-5-12(9)16-8-11(15)7-13(16,2)3/h4-6,11H,7-8,15H2,1-3H3. The Kier molecular flexibility index (Phi) is 2.89. The molecule has 0 amide bonds. The van der Waals surface area contributed by atoms with Gasteiger partial charge in [-0.2, -0.15) is 0 Å². The fourth-order valence-electron chi connectivity index (χ4n) is 2.64. The first-order chi connectivity index (χ1) is 7.40. The molecule has 1 saturated heterocycles. The Balaban J connectivity index is 2.37. The molecule has 88 valence electrons. The zero-order valence-corrected chi connectivity index (χ0v) is 10.9. The summed E-state index contributed by atoms with van der Waals surface area (Å²) in [6.07, 6.45) is 1.04. The van der Waals surface area contributed by atoms with Crippen LogP contribution >= 0.6 is 11.6 Å². The minimum Gasteiger partial charge on any atom is -0.365 e. The highest BCUT2D eigenvalue weighted by molar-refractivity contribution is 6.30. The molecule has 1 unspecified atom stereocenters. The monoisotopic (exact) mass is 238 g/mol. The van der Waals surface area contributed by atoms with Crippen LogP contribution in [0.4, 0.5) is 5.69 Å². The van der Waals surface area contributed by atoms with Crippen molar-refractivity contribution in [3.63, 3.8) is 0 Å². The molecule has 2 N–H and O–H groups in total. The normalized spacial score (nSPS) is 23.8. The summed E-state index contributed by atoms with van der Waals surface area (Å²) in [6.45, 7) is 7.51. The van der Waals surface area contributed by atoms with Crippen LogP contribution in [0.2, 0.25) is 5.02 Å². The van der Waals surface area contributed by atoms with Crippen LogP contribution in [-0.4, -0.2) is 18.1 Å². The maximum atomic E-state index is 6.05. The van der Waals surface area contributed by atoms with Crippen molar-refractivity contribution in [2.24, 2.45) is 5.73 Å². The van der Waals surface area contributed by atoms with E-state index in [1.54, 1.807) is 0 Å². The molecular weight excluding hydrogens is 220 g/mol. The number of halogens is 1. The third-order valence-electron chi connectivity index (χ3n) is 3.36. The Hall–Kier alpha value is -0.730. The number of nitrogens with two attached hydrogens (primary N) is 1. The molecular formula is C13H19ClN2. The molecule has 3 heteroatoms. The molecule has 0 aliphatic carbocycles. The Morgan fingerprint density at radius 3 is 2.62 bits per heavy atom. The number of rotatable bonds is 1. The first kappa shape index (κ1) is 11.7. The van der Waals surface area contributed by atoms with Crippen molar-refractivity contribution in [3.05, 3.63) is 28.8 Å². The van der Waals surface area contributed by atoms with Crippen LogP contribution in [0.15, 0.2) is 18.2 Å².